The Kier molecular flexibility index (Phi) is 4.20. The van der Waals surface area contributed by atoms with E-state index in [0.717, 1.165) is 36.3 Å². The smallest absolute Gasteiger partial charge is 0.128 e. The fraction of sp³-hybridized carbons (Fsp3) is 0.500. The van der Waals surface area contributed by atoms with Crippen LogP contribution in [0.15, 0.2) is 23.4 Å². The first-order valence-corrected chi connectivity index (χ1v) is 6.25. The van der Waals surface area contributed by atoms with Crippen molar-refractivity contribution in [1.29, 1.82) is 0 Å². The third-order valence-corrected chi connectivity index (χ3v) is 3.13. The van der Waals surface area contributed by atoms with Crippen LogP contribution in [0, 0.1) is 6.92 Å². The molecule has 1 aromatic rings. The van der Waals surface area contributed by atoms with Gasteiger partial charge in [-0.2, -0.15) is 0 Å². The van der Waals surface area contributed by atoms with E-state index in [0.29, 0.717) is 12.3 Å². The lowest BCUT2D eigenvalue weighted by Crippen LogP contribution is -2.17. The average Bonchev–Trinajstić information content (AvgIpc) is 2.88. The Morgan fingerprint density at radius 1 is 1.56 bits per heavy atom. The normalized spacial score (nSPS) is 20.1. The van der Waals surface area contributed by atoms with Crippen LogP contribution in [-0.2, 0) is 4.74 Å². The van der Waals surface area contributed by atoms with Crippen molar-refractivity contribution in [1.82, 2.24) is 0 Å². The molecule has 1 fully saturated rings. The molecule has 0 amide bonds. The van der Waals surface area contributed by atoms with Crippen LogP contribution in [-0.4, -0.2) is 30.2 Å². The van der Waals surface area contributed by atoms with Crippen molar-refractivity contribution in [3.8, 4) is 5.75 Å². The summed E-state index contributed by atoms with van der Waals surface area (Å²) < 4.78 is 11.3. The van der Waals surface area contributed by atoms with Crippen molar-refractivity contribution >= 4 is 5.71 Å². The molecule has 0 aliphatic carbocycles. The number of hydrogen-bond donors (Lipinski definition) is 1. The molecule has 1 N–H and O–H groups in total. The number of oxime groups is 1. The molecular weight excluding hydrogens is 230 g/mol. The molecule has 0 radical (unpaired) electrons. The number of aryl methyl sites for hydroxylation is 1. The van der Waals surface area contributed by atoms with E-state index in [1.54, 1.807) is 6.92 Å². The molecule has 1 atom stereocenters. The van der Waals surface area contributed by atoms with Gasteiger partial charge in [-0.25, -0.2) is 0 Å². The monoisotopic (exact) mass is 249 g/mol. The Bertz CT molecular complexity index is 437. The minimum atomic E-state index is 0.185. The minimum absolute atomic E-state index is 0.185. The van der Waals surface area contributed by atoms with E-state index in [1.807, 2.05) is 25.1 Å². The quantitative estimate of drug-likeness (QED) is 0.507. The second kappa shape index (κ2) is 5.87. The highest BCUT2D eigenvalue weighted by atomic mass is 16.5. The van der Waals surface area contributed by atoms with Crippen LogP contribution < -0.4 is 4.74 Å². The summed E-state index contributed by atoms with van der Waals surface area (Å²) >= 11 is 0. The largest absolute Gasteiger partial charge is 0.490 e. The third kappa shape index (κ3) is 3.01. The highest BCUT2D eigenvalue weighted by molar-refractivity contribution is 6.00. The van der Waals surface area contributed by atoms with Gasteiger partial charge in [0.05, 0.1) is 11.8 Å². The summed E-state index contributed by atoms with van der Waals surface area (Å²) in [6.07, 6.45) is 2.34. The zero-order chi connectivity index (χ0) is 13.0. The summed E-state index contributed by atoms with van der Waals surface area (Å²) in [4.78, 5) is 0. The van der Waals surface area contributed by atoms with Crippen molar-refractivity contribution < 1.29 is 14.7 Å². The highest BCUT2D eigenvalue weighted by Crippen LogP contribution is 2.23. The Balaban J connectivity index is 2.11. The summed E-state index contributed by atoms with van der Waals surface area (Å²) in [7, 11) is 0. The van der Waals surface area contributed by atoms with Gasteiger partial charge < -0.3 is 14.7 Å². The van der Waals surface area contributed by atoms with E-state index in [4.69, 9.17) is 14.7 Å². The molecular formula is C14H19NO3. The Hall–Kier alpha value is -1.55. The molecule has 1 heterocycles. The van der Waals surface area contributed by atoms with Crippen LogP contribution in [0.25, 0.3) is 0 Å². The Morgan fingerprint density at radius 3 is 3.06 bits per heavy atom. The molecule has 1 aliphatic rings. The zero-order valence-corrected chi connectivity index (χ0v) is 10.8. The summed E-state index contributed by atoms with van der Waals surface area (Å²) in [5.74, 6) is 0.751. The Labute approximate surface area is 107 Å². The summed E-state index contributed by atoms with van der Waals surface area (Å²) in [6.45, 7) is 5.14. The Morgan fingerprint density at radius 2 is 2.39 bits per heavy atom. The second-order valence-corrected chi connectivity index (χ2v) is 4.63. The van der Waals surface area contributed by atoms with E-state index in [2.05, 4.69) is 5.16 Å². The molecule has 0 bridgehead atoms. The van der Waals surface area contributed by atoms with Gasteiger partial charge in [0.25, 0.3) is 0 Å². The number of ether oxygens (including phenoxy) is 2. The van der Waals surface area contributed by atoms with Gasteiger partial charge in [-0.15, -0.1) is 0 Å². The van der Waals surface area contributed by atoms with E-state index >= 15 is 0 Å². The molecule has 1 saturated heterocycles. The number of benzene rings is 1. The van der Waals surface area contributed by atoms with Crippen LogP contribution in [0.5, 0.6) is 5.75 Å². The summed E-state index contributed by atoms with van der Waals surface area (Å²) in [6, 6.07) is 5.84. The standard InChI is InChI=1S/C14H19NO3/c1-10-5-6-13(11(2)15-16)14(8-10)18-9-12-4-3-7-17-12/h5-6,8,12,16H,3-4,7,9H2,1-2H3. The predicted molar refractivity (Wildman–Crippen MR) is 69.6 cm³/mol. The lowest BCUT2D eigenvalue weighted by Gasteiger charge is -2.14. The molecule has 1 aliphatic heterocycles. The van der Waals surface area contributed by atoms with Gasteiger partial charge in [-0.1, -0.05) is 11.2 Å². The van der Waals surface area contributed by atoms with Gasteiger partial charge in [0.1, 0.15) is 12.4 Å². The molecule has 0 saturated carbocycles. The van der Waals surface area contributed by atoms with Crippen LogP contribution in [0.3, 0.4) is 0 Å². The first kappa shape index (κ1) is 12.9. The third-order valence-electron chi connectivity index (χ3n) is 3.13. The fourth-order valence-corrected chi connectivity index (χ4v) is 2.06. The topological polar surface area (TPSA) is 51.1 Å². The molecule has 18 heavy (non-hydrogen) atoms. The molecule has 1 aromatic carbocycles. The zero-order valence-electron chi connectivity index (χ0n) is 10.8. The predicted octanol–water partition coefficient (Wildman–Crippen LogP) is 2.75. The number of rotatable bonds is 4. The molecule has 0 aromatic heterocycles. The van der Waals surface area contributed by atoms with Crippen LogP contribution in [0.1, 0.15) is 30.9 Å². The van der Waals surface area contributed by atoms with E-state index in [9.17, 15) is 0 Å². The minimum Gasteiger partial charge on any atom is -0.490 e. The second-order valence-electron chi connectivity index (χ2n) is 4.63. The van der Waals surface area contributed by atoms with Crippen LogP contribution >= 0.6 is 0 Å². The molecule has 4 heteroatoms. The molecule has 0 spiro atoms. The summed E-state index contributed by atoms with van der Waals surface area (Å²) in [5.41, 5.74) is 2.49. The van der Waals surface area contributed by atoms with Gasteiger partial charge in [0, 0.05) is 12.2 Å². The van der Waals surface area contributed by atoms with E-state index < -0.39 is 0 Å². The average molecular weight is 249 g/mol. The van der Waals surface area contributed by atoms with E-state index in [-0.39, 0.29) is 6.10 Å². The fourth-order valence-electron chi connectivity index (χ4n) is 2.06. The first-order chi connectivity index (χ1) is 8.70. The van der Waals surface area contributed by atoms with Crippen molar-refractivity contribution in [3.63, 3.8) is 0 Å². The SMILES string of the molecule is CC(=NO)c1ccc(C)cc1OCC1CCCO1. The maximum absolute atomic E-state index is 8.87. The van der Waals surface area contributed by atoms with E-state index in [1.165, 1.54) is 0 Å². The van der Waals surface area contributed by atoms with Gasteiger partial charge in [-0.05, 0) is 44.4 Å². The van der Waals surface area contributed by atoms with Crippen molar-refractivity contribution in [3.05, 3.63) is 29.3 Å². The van der Waals surface area contributed by atoms with Crippen molar-refractivity contribution in [2.75, 3.05) is 13.2 Å². The number of nitrogens with zero attached hydrogens (tertiary/aromatic N) is 1. The van der Waals surface area contributed by atoms with Crippen molar-refractivity contribution in [2.24, 2.45) is 5.16 Å². The lowest BCUT2D eigenvalue weighted by atomic mass is 10.1. The van der Waals surface area contributed by atoms with Gasteiger partial charge in [0.2, 0.25) is 0 Å². The molecule has 2 rings (SSSR count). The maximum Gasteiger partial charge on any atom is 0.128 e. The van der Waals surface area contributed by atoms with Crippen LogP contribution in [0.2, 0.25) is 0 Å². The highest BCUT2D eigenvalue weighted by Gasteiger charge is 2.17. The summed E-state index contributed by atoms with van der Waals surface area (Å²) in [5, 5.41) is 12.1. The molecule has 98 valence electrons. The number of hydrogen-bond acceptors (Lipinski definition) is 4. The first-order valence-electron chi connectivity index (χ1n) is 6.25. The van der Waals surface area contributed by atoms with Gasteiger partial charge >= 0.3 is 0 Å². The maximum atomic E-state index is 8.87. The van der Waals surface area contributed by atoms with Crippen LogP contribution in [0.4, 0.5) is 0 Å². The van der Waals surface area contributed by atoms with Gasteiger partial charge in [0.15, 0.2) is 0 Å². The van der Waals surface area contributed by atoms with Crippen molar-refractivity contribution in [2.45, 2.75) is 32.8 Å². The molecule has 4 nitrogen and oxygen atoms in total. The van der Waals surface area contributed by atoms with Gasteiger partial charge in [-0.3, -0.25) is 0 Å². The molecule has 1 unspecified atom stereocenters. The lowest BCUT2D eigenvalue weighted by molar-refractivity contribution is 0.0678.